The summed E-state index contributed by atoms with van der Waals surface area (Å²) in [4.78, 5) is 6.81. The minimum Gasteiger partial charge on any atom is -0.494 e. The minimum absolute atomic E-state index is 0.574. The van der Waals surface area contributed by atoms with Gasteiger partial charge >= 0.3 is 0 Å². The molecule has 2 heterocycles. The highest BCUT2D eigenvalue weighted by Crippen LogP contribution is 2.30. The third kappa shape index (κ3) is 3.58. The molecule has 1 aromatic heterocycles. The maximum Gasteiger partial charge on any atom is 0.146 e. The summed E-state index contributed by atoms with van der Waals surface area (Å²) in [7, 11) is 1.63. The number of hydrogen-bond acceptors (Lipinski definition) is 4. The van der Waals surface area contributed by atoms with Crippen LogP contribution in [-0.2, 0) is 11.3 Å². The average molecular weight is 319 g/mol. The molecular weight excluding hydrogens is 300 g/mol. The summed E-state index contributed by atoms with van der Waals surface area (Å²) in [5.41, 5.74) is 3.12. The van der Waals surface area contributed by atoms with Crippen molar-refractivity contribution in [3.63, 3.8) is 0 Å². The van der Waals surface area contributed by atoms with E-state index in [0.717, 1.165) is 44.1 Å². The molecule has 1 saturated heterocycles. The number of aromatic nitrogens is 1. The first kappa shape index (κ1) is 15.3. The van der Waals surface area contributed by atoms with E-state index in [2.05, 4.69) is 28.1 Å². The Morgan fingerprint density at radius 2 is 2.09 bits per heavy atom. The molecule has 0 saturated carbocycles. The molecule has 5 heteroatoms. The van der Waals surface area contributed by atoms with Gasteiger partial charge in [-0.05, 0) is 11.6 Å². The molecule has 22 heavy (non-hydrogen) atoms. The highest BCUT2D eigenvalue weighted by atomic mass is 35.5. The molecule has 1 fully saturated rings. The van der Waals surface area contributed by atoms with Crippen LogP contribution in [0, 0.1) is 0 Å². The lowest BCUT2D eigenvalue weighted by molar-refractivity contribution is 0.0342. The molecule has 3 rings (SSSR count). The average Bonchev–Trinajstić information content (AvgIpc) is 2.56. The van der Waals surface area contributed by atoms with Crippen molar-refractivity contribution in [2.75, 3.05) is 33.4 Å². The van der Waals surface area contributed by atoms with Crippen molar-refractivity contribution >= 4 is 11.6 Å². The van der Waals surface area contributed by atoms with E-state index in [9.17, 15) is 0 Å². The quantitative estimate of drug-likeness (QED) is 0.867. The van der Waals surface area contributed by atoms with Crippen LogP contribution in [0.1, 0.15) is 5.56 Å². The maximum absolute atomic E-state index is 5.98. The van der Waals surface area contributed by atoms with Gasteiger partial charge in [-0.25, -0.2) is 0 Å². The van der Waals surface area contributed by atoms with Crippen molar-refractivity contribution in [3.05, 3.63) is 47.1 Å². The predicted octanol–water partition coefficient (Wildman–Crippen LogP) is 3.24. The summed E-state index contributed by atoms with van der Waals surface area (Å²) in [5.74, 6) is 0.691. The van der Waals surface area contributed by atoms with Crippen LogP contribution < -0.4 is 4.74 Å². The van der Waals surface area contributed by atoms with Crippen LogP contribution in [-0.4, -0.2) is 43.3 Å². The number of rotatable bonds is 4. The zero-order valence-corrected chi connectivity index (χ0v) is 13.3. The van der Waals surface area contributed by atoms with Gasteiger partial charge in [0, 0.05) is 37.5 Å². The molecule has 1 aromatic carbocycles. The molecule has 0 N–H and O–H groups in total. The molecule has 2 aromatic rings. The van der Waals surface area contributed by atoms with Gasteiger partial charge in [-0.15, -0.1) is 0 Å². The van der Waals surface area contributed by atoms with Crippen molar-refractivity contribution in [1.29, 1.82) is 0 Å². The Hall–Kier alpha value is -1.62. The largest absolute Gasteiger partial charge is 0.494 e. The van der Waals surface area contributed by atoms with E-state index in [4.69, 9.17) is 21.1 Å². The molecule has 0 radical (unpaired) electrons. The summed E-state index contributed by atoms with van der Waals surface area (Å²) in [6, 6.07) is 10.2. The van der Waals surface area contributed by atoms with Crippen molar-refractivity contribution in [1.82, 2.24) is 9.88 Å². The molecule has 0 bridgehead atoms. The number of nitrogens with zero attached hydrogens (tertiary/aromatic N) is 2. The van der Waals surface area contributed by atoms with E-state index in [0.29, 0.717) is 10.8 Å². The van der Waals surface area contributed by atoms with Gasteiger partial charge in [0.15, 0.2) is 0 Å². The van der Waals surface area contributed by atoms with Crippen molar-refractivity contribution in [3.8, 4) is 17.0 Å². The Labute approximate surface area is 135 Å². The van der Waals surface area contributed by atoms with Gasteiger partial charge < -0.3 is 9.47 Å². The normalized spacial score (nSPS) is 15.7. The van der Waals surface area contributed by atoms with Gasteiger partial charge in [-0.2, -0.15) is 0 Å². The Balaban J connectivity index is 1.84. The van der Waals surface area contributed by atoms with Gasteiger partial charge in [-0.3, -0.25) is 9.88 Å². The number of halogens is 1. The Morgan fingerprint density at radius 1 is 1.27 bits per heavy atom. The molecule has 0 aliphatic carbocycles. The van der Waals surface area contributed by atoms with E-state index in [-0.39, 0.29) is 0 Å². The molecule has 1 aliphatic heterocycles. The molecule has 1 aliphatic rings. The predicted molar refractivity (Wildman–Crippen MR) is 87.3 cm³/mol. The van der Waals surface area contributed by atoms with Gasteiger partial charge in [0.2, 0.25) is 0 Å². The fourth-order valence-electron chi connectivity index (χ4n) is 2.63. The molecule has 0 unspecified atom stereocenters. The molecule has 0 amide bonds. The number of benzene rings is 1. The van der Waals surface area contributed by atoms with Crippen LogP contribution in [0.15, 0.2) is 36.5 Å². The van der Waals surface area contributed by atoms with E-state index in [1.165, 1.54) is 5.56 Å². The summed E-state index contributed by atoms with van der Waals surface area (Å²) >= 11 is 5.98. The van der Waals surface area contributed by atoms with Crippen LogP contribution in [0.5, 0.6) is 5.75 Å². The second-order valence-electron chi connectivity index (χ2n) is 5.29. The lowest BCUT2D eigenvalue weighted by Crippen LogP contribution is -2.35. The first-order valence-corrected chi connectivity index (χ1v) is 7.73. The lowest BCUT2D eigenvalue weighted by atomic mass is 10.1. The SMILES string of the molecule is COc1cc(Cl)cnc1-c1cccc(CN2CCOCC2)c1. The van der Waals surface area contributed by atoms with E-state index in [1.807, 2.05) is 6.07 Å². The van der Waals surface area contributed by atoms with Crippen molar-refractivity contribution < 1.29 is 9.47 Å². The zero-order valence-electron chi connectivity index (χ0n) is 12.6. The maximum atomic E-state index is 5.98. The fraction of sp³-hybridized carbons (Fsp3) is 0.353. The standard InChI is InChI=1S/C17H19ClN2O2/c1-21-16-10-15(18)11-19-17(16)14-4-2-3-13(9-14)12-20-5-7-22-8-6-20/h2-4,9-11H,5-8,12H2,1H3. The van der Waals surface area contributed by atoms with Crippen LogP contribution in [0.3, 0.4) is 0 Å². The highest BCUT2D eigenvalue weighted by molar-refractivity contribution is 6.30. The molecule has 116 valence electrons. The van der Waals surface area contributed by atoms with E-state index >= 15 is 0 Å². The van der Waals surface area contributed by atoms with Gasteiger partial charge in [0.05, 0.1) is 25.3 Å². The zero-order chi connectivity index (χ0) is 15.4. The number of methoxy groups -OCH3 is 1. The Morgan fingerprint density at radius 3 is 2.86 bits per heavy atom. The van der Waals surface area contributed by atoms with Gasteiger partial charge in [0.25, 0.3) is 0 Å². The van der Waals surface area contributed by atoms with Gasteiger partial charge in [0.1, 0.15) is 11.4 Å². The van der Waals surface area contributed by atoms with Crippen molar-refractivity contribution in [2.45, 2.75) is 6.54 Å². The first-order valence-electron chi connectivity index (χ1n) is 7.35. The Kier molecular flexibility index (Phi) is 4.93. The van der Waals surface area contributed by atoms with E-state index < -0.39 is 0 Å². The number of hydrogen-bond donors (Lipinski definition) is 0. The second-order valence-corrected chi connectivity index (χ2v) is 5.73. The van der Waals surface area contributed by atoms with Crippen LogP contribution in [0.4, 0.5) is 0 Å². The van der Waals surface area contributed by atoms with Crippen molar-refractivity contribution in [2.24, 2.45) is 0 Å². The molecule has 4 nitrogen and oxygen atoms in total. The summed E-state index contributed by atoms with van der Waals surface area (Å²) < 4.78 is 10.8. The summed E-state index contributed by atoms with van der Waals surface area (Å²) in [6.45, 7) is 4.51. The van der Waals surface area contributed by atoms with Crippen LogP contribution in [0.25, 0.3) is 11.3 Å². The molecule has 0 spiro atoms. The van der Waals surface area contributed by atoms with Crippen LogP contribution in [0.2, 0.25) is 5.02 Å². The minimum atomic E-state index is 0.574. The Bertz CT molecular complexity index is 642. The van der Waals surface area contributed by atoms with Gasteiger partial charge in [-0.1, -0.05) is 29.8 Å². The molecular formula is C17H19ClN2O2. The summed E-state index contributed by atoms with van der Waals surface area (Å²) in [6.07, 6.45) is 1.65. The first-order chi connectivity index (χ1) is 10.8. The smallest absolute Gasteiger partial charge is 0.146 e. The monoisotopic (exact) mass is 318 g/mol. The summed E-state index contributed by atoms with van der Waals surface area (Å²) in [5, 5.41) is 0.574. The van der Waals surface area contributed by atoms with Crippen LogP contribution >= 0.6 is 11.6 Å². The molecule has 0 atom stereocenters. The fourth-order valence-corrected chi connectivity index (χ4v) is 2.78. The topological polar surface area (TPSA) is 34.6 Å². The number of morpholine rings is 1. The van der Waals surface area contributed by atoms with E-state index in [1.54, 1.807) is 19.4 Å². The number of pyridine rings is 1. The lowest BCUT2D eigenvalue weighted by Gasteiger charge is -2.26. The number of ether oxygens (including phenoxy) is 2. The second kappa shape index (κ2) is 7.09. The highest BCUT2D eigenvalue weighted by Gasteiger charge is 2.12. The third-order valence-corrected chi connectivity index (χ3v) is 3.96. The third-order valence-electron chi connectivity index (χ3n) is 3.75.